The molecule has 1 aromatic heterocycles. The number of aromatic nitrogens is 1. The molecule has 0 radical (unpaired) electrons. The van der Waals surface area contributed by atoms with Gasteiger partial charge in [-0.1, -0.05) is 12.1 Å². The van der Waals surface area contributed by atoms with Gasteiger partial charge in [0.25, 0.3) is 11.6 Å². The van der Waals surface area contributed by atoms with Crippen LogP contribution in [0.3, 0.4) is 0 Å². The number of rotatable bonds is 5. The lowest BCUT2D eigenvalue weighted by atomic mass is 10.1. The molecule has 1 heterocycles. The fraction of sp³-hybridized carbons (Fsp3) is 0.217. The second-order valence-electron chi connectivity index (χ2n) is 7.39. The molecule has 3 aromatic rings. The topological polar surface area (TPSA) is 89.5 Å². The summed E-state index contributed by atoms with van der Waals surface area (Å²) in [6, 6.07) is 12.7. The normalized spacial score (nSPS) is 11.1. The largest absolute Gasteiger partial charge is 0.318 e. The van der Waals surface area contributed by atoms with Crippen LogP contribution in [0.4, 0.5) is 5.69 Å². The standard InChI is InChI=1S/C23H24N4O3/c1-14-7-9-21(10-16(14)3)26-17(4)11-20(18(26)5)13-24-25-23(28)19-8-6-15(2)22(12-19)27(29)30/h6-13H,1-5H3,(H,25,28)/b24-13-. The maximum Gasteiger partial charge on any atom is 0.273 e. The first kappa shape index (κ1) is 21.0. The van der Waals surface area contributed by atoms with Crippen molar-refractivity contribution in [3.8, 4) is 5.69 Å². The highest BCUT2D eigenvalue weighted by molar-refractivity contribution is 5.95. The van der Waals surface area contributed by atoms with E-state index in [9.17, 15) is 14.9 Å². The van der Waals surface area contributed by atoms with E-state index in [0.29, 0.717) is 5.56 Å². The van der Waals surface area contributed by atoms with Crippen LogP contribution in [0.2, 0.25) is 0 Å². The van der Waals surface area contributed by atoms with Crippen molar-refractivity contribution in [2.45, 2.75) is 34.6 Å². The minimum Gasteiger partial charge on any atom is -0.318 e. The Bertz CT molecular complexity index is 1180. The molecule has 0 aliphatic heterocycles. The first-order valence-electron chi connectivity index (χ1n) is 9.54. The average Bonchev–Trinajstić information content (AvgIpc) is 2.97. The zero-order chi connectivity index (χ0) is 22.0. The highest BCUT2D eigenvalue weighted by atomic mass is 16.6. The van der Waals surface area contributed by atoms with Gasteiger partial charge < -0.3 is 4.57 Å². The molecule has 0 atom stereocenters. The molecule has 1 amide bonds. The molecule has 0 aliphatic rings. The predicted molar refractivity (Wildman–Crippen MR) is 118 cm³/mol. The maximum absolute atomic E-state index is 12.3. The number of nitrogens with one attached hydrogen (secondary N) is 1. The van der Waals surface area contributed by atoms with E-state index in [2.05, 4.69) is 47.1 Å². The minimum absolute atomic E-state index is 0.0939. The number of hydrogen-bond acceptors (Lipinski definition) is 4. The van der Waals surface area contributed by atoms with Crippen LogP contribution >= 0.6 is 0 Å². The third kappa shape index (κ3) is 4.15. The van der Waals surface area contributed by atoms with Gasteiger partial charge in [-0.05, 0) is 70.0 Å². The number of aryl methyl sites for hydroxylation is 4. The number of carbonyl (C=O) groups excluding carboxylic acids is 1. The minimum atomic E-state index is -0.503. The van der Waals surface area contributed by atoms with Gasteiger partial charge in [-0.25, -0.2) is 5.43 Å². The third-order valence-electron chi connectivity index (χ3n) is 5.26. The summed E-state index contributed by atoms with van der Waals surface area (Å²) in [5, 5.41) is 15.1. The summed E-state index contributed by atoms with van der Waals surface area (Å²) in [5.41, 5.74) is 9.49. The van der Waals surface area contributed by atoms with Crippen LogP contribution in [0.25, 0.3) is 5.69 Å². The van der Waals surface area contributed by atoms with Crippen LogP contribution in [0.15, 0.2) is 47.6 Å². The van der Waals surface area contributed by atoms with Crippen molar-refractivity contribution in [3.63, 3.8) is 0 Å². The van der Waals surface area contributed by atoms with Crippen molar-refractivity contribution in [1.82, 2.24) is 9.99 Å². The molecular formula is C23H24N4O3. The third-order valence-corrected chi connectivity index (χ3v) is 5.26. The van der Waals surface area contributed by atoms with Crippen molar-refractivity contribution in [1.29, 1.82) is 0 Å². The summed E-state index contributed by atoms with van der Waals surface area (Å²) in [7, 11) is 0. The molecule has 30 heavy (non-hydrogen) atoms. The van der Waals surface area contributed by atoms with E-state index < -0.39 is 10.8 Å². The van der Waals surface area contributed by atoms with Gasteiger partial charge in [0, 0.05) is 39.8 Å². The van der Waals surface area contributed by atoms with Gasteiger partial charge >= 0.3 is 0 Å². The fourth-order valence-electron chi connectivity index (χ4n) is 3.35. The van der Waals surface area contributed by atoms with Gasteiger partial charge in [0.1, 0.15) is 0 Å². The van der Waals surface area contributed by atoms with E-state index in [4.69, 9.17) is 0 Å². The Morgan fingerprint density at radius 3 is 2.37 bits per heavy atom. The van der Waals surface area contributed by atoms with Gasteiger partial charge in [0.2, 0.25) is 0 Å². The van der Waals surface area contributed by atoms with Gasteiger partial charge in [-0.2, -0.15) is 5.10 Å². The van der Waals surface area contributed by atoms with Gasteiger partial charge in [-0.3, -0.25) is 14.9 Å². The molecule has 7 nitrogen and oxygen atoms in total. The lowest BCUT2D eigenvalue weighted by Gasteiger charge is -2.11. The molecular weight excluding hydrogens is 380 g/mol. The van der Waals surface area contributed by atoms with Crippen LogP contribution in [-0.2, 0) is 0 Å². The molecule has 0 aliphatic carbocycles. The van der Waals surface area contributed by atoms with E-state index in [-0.39, 0.29) is 11.3 Å². The van der Waals surface area contributed by atoms with E-state index >= 15 is 0 Å². The maximum atomic E-state index is 12.3. The van der Waals surface area contributed by atoms with Crippen LogP contribution in [0, 0.1) is 44.7 Å². The Kier molecular flexibility index (Phi) is 5.82. The smallest absolute Gasteiger partial charge is 0.273 e. The summed E-state index contributed by atoms with van der Waals surface area (Å²) < 4.78 is 2.14. The zero-order valence-corrected chi connectivity index (χ0v) is 17.7. The Labute approximate surface area is 175 Å². The Morgan fingerprint density at radius 1 is 1.00 bits per heavy atom. The van der Waals surface area contributed by atoms with Gasteiger partial charge in [0.05, 0.1) is 11.1 Å². The van der Waals surface area contributed by atoms with Gasteiger partial charge in [-0.15, -0.1) is 0 Å². The molecule has 0 unspecified atom stereocenters. The summed E-state index contributed by atoms with van der Waals surface area (Å²) >= 11 is 0. The number of nitro benzene ring substituents is 1. The fourth-order valence-corrected chi connectivity index (χ4v) is 3.35. The number of hydrogen-bond donors (Lipinski definition) is 1. The zero-order valence-electron chi connectivity index (χ0n) is 17.7. The summed E-state index contributed by atoms with van der Waals surface area (Å²) in [4.78, 5) is 22.9. The van der Waals surface area contributed by atoms with Crippen LogP contribution in [-0.4, -0.2) is 21.6 Å². The second kappa shape index (κ2) is 8.32. The first-order valence-corrected chi connectivity index (χ1v) is 9.54. The quantitative estimate of drug-likeness (QED) is 0.380. The van der Waals surface area contributed by atoms with Crippen LogP contribution in [0.1, 0.15) is 44.0 Å². The van der Waals surface area contributed by atoms with Crippen molar-refractivity contribution in [3.05, 3.63) is 91.8 Å². The lowest BCUT2D eigenvalue weighted by Crippen LogP contribution is -2.18. The molecule has 0 bridgehead atoms. The van der Waals surface area contributed by atoms with Crippen molar-refractivity contribution in [2.24, 2.45) is 5.10 Å². The summed E-state index contributed by atoms with van der Waals surface area (Å²) in [6.45, 7) is 9.81. The van der Waals surface area contributed by atoms with Crippen LogP contribution < -0.4 is 5.43 Å². The number of nitro groups is 1. The predicted octanol–water partition coefficient (Wildman–Crippen LogP) is 4.69. The van der Waals surface area contributed by atoms with Crippen molar-refractivity contribution < 1.29 is 9.72 Å². The van der Waals surface area contributed by atoms with Crippen LogP contribution in [0.5, 0.6) is 0 Å². The Hall–Kier alpha value is -3.74. The van der Waals surface area contributed by atoms with Gasteiger partial charge in [0.15, 0.2) is 0 Å². The monoisotopic (exact) mass is 404 g/mol. The highest BCUT2D eigenvalue weighted by Crippen LogP contribution is 2.22. The molecule has 154 valence electrons. The van der Waals surface area contributed by atoms with E-state index in [1.165, 1.54) is 17.2 Å². The molecule has 0 spiro atoms. The summed E-state index contributed by atoms with van der Waals surface area (Å²) in [6.07, 6.45) is 1.58. The molecule has 0 fully saturated rings. The van der Waals surface area contributed by atoms with E-state index in [0.717, 1.165) is 22.6 Å². The molecule has 7 heteroatoms. The van der Waals surface area contributed by atoms with E-state index in [1.807, 2.05) is 19.9 Å². The molecule has 0 saturated carbocycles. The van der Waals surface area contributed by atoms with Crippen molar-refractivity contribution >= 4 is 17.8 Å². The number of hydrazone groups is 1. The highest BCUT2D eigenvalue weighted by Gasteiger charge is 2.15. The molecule has 2 aromatic carbocycles. The summed E-state index contributed by atoms with van der Waals surface area (Å²) in [5.74, 6) is -0.502. The number of nitrogens with zero attached hydrogens (tertiary/aromatic N) is 3. The van der Waals surface area contributed by atoms with Crippen molar-refractivity contribution in [2.75, 3.05) is 0 Å². The SMILES string of the molecule is Cc1ccc(-n2c(C)cc(/C=N\NC(=O)c3ccc(C)c([N+](=O)[O-])c3)c2C)cc1C. The first-order chi connectivity index (χ1) is 14.2. The Morgan fingerprint density at radius 2 is 1.70 bits per heavy atom. The second-order valence-corrected chi connectivity index (χ2v) is 7.39. The van der Waals surface area contributed by atoms with E-state index in [1.54, 1.807) is 25.3 Å². The number of amides is 1. The molecule has 1 N–H and O–H groups in total. The Balaban J connectivity index is 1.80. The number of carbonyl (C=O) groups is 1. The lowest BCUT2D eigenvalue weighted by molar-refractivity contribution is -0.385. The average molecular weight is 404 g/mol. The molecule has 0 saturated heterocycles. The molecule has 3 rings (SSSR count). The number of benzene rings is 2.